The van der Waals surface area contributed by atoms with E-state index < -0.39 is 5.91 Å². The Labute approximate surface area is 128 Å². The van der Waals surface area contributed by atoms with E-state index in [0.717, 1.165) is 16.8 Å². The van der Waals surface area contributed by atoms with E-state index in [1.165, 1.54) is 0 Å². The Bertz CT molecular complexity index is 627. The van der Waals surface area contributed by atoms with Crippen LogP contribution in [0.15, 0.2) is 42.5 Å². The maximum atomic E-state index is 11.1. The molecule has 0 atom stereocenters. The molecule has 2 aromatic rings. The number of halogens is 1. The van der Waals surface area contributed by atoms with Crippen LogP contribution in [0.5, 0.6) is 0 Å². The van der Waals surface area contributed by atoms with Crippen LogP contribution in [0.1, 0.15) is 21.5 Å². The van der Waals surface area contributed by atoms with Gasteiger partial charge in [0, 0.05) is 19.3 Å². The molecule has 0 radical (unpaired) electrons. The molecule has 4 nitrogen and oxygen atoms in total. The number of benzene rings is 2. The molecule has 0 heterocycles. The minimum atomic E-state index is -0.528. The summed E-state index contributed by atoms with van der Waals surface area (Å²) < 4.78 is 5.07. The summed E-state index contributed by atoms with van der Waals surface area (Å²) in [6.45, 7) is 1.28. The minimum absolute atomic E-state index is 0.325. The van der Waals surface area contributed by atoms with Crippen molar-refractivity contribution in [1.29, 1.82) is 0 Å². The summed E-state index contributed by atoms with van der Waals surface area (Å²) in [5, 5.41) is 3.60. The molecule has 0 aliphatic rings. The molecule has 2 aromatic carbocycles. The Balaban J connectivity index is 1.99. The van der Waals surface area contributed by atoms with Crippen LogP contribution < -0.4 is 11.1 Å². The molecule has 3 N–H and O–H groups in total. The highest BCUT2D eigenvalue weighted by Crippen LogP contribution is 2.21. The lowest BCUT2D eigenvalue weighted by molar-refractivity contribution is 0.100. The number of methoxy groups -OCH3 is 1. The zero-order valence-corrected chi connectivity index (χ0v) is 12.5. The molecule has 2 rings (SSSR count). The quantitative estimate of drug-likeness (QED) is 0.861. The Morgan fingerprint density at radius 2 is 1.86 bits per heavy atom. The van der Waals surface area contributed by atoms with Crippen LogP contribution in [0.2, 0.25) is 5.02 Å². The number of nitrogens with one attached hydrogen (secondary N) is 1. The number of anilines is 1. The summed E-state index contributed by atoms with van der Waals surface area (Å²) in [6, 6.07) is 13.2. The second kappa shape index (κ2) is 7.11. The lowest BCUT2D eigenvalue weighted by atomic mass is 10.1. The minimum Gasteiger partial charge on any atom is -0.381 e. The van der Waals surface area contributed by atoms with Gasteiger partial charge in [-0.15, -0.1) is 0 Å². The van der Waals surface area contributed by atoms with Crippen LogP contribution in [0.3, 0.4) is 0 Å². The van der Waals surface area contributed by atoms with Crippen LogP contribution in [0.4, 0.5) is 5.69 Å². The molecule has 0 aliphatic carbocycles. The van der Waals surface area contributed by atoms with Crippen LogP contribution in [-0.2, 0) is 17.9 Å². The zero-order chi connectivity index (χ0) is 15.2. The average molecular weight is 305 g/mol. The Morgan fingerprint density at radius 3 is 2.43 bits per heavy atom. The zero-order valence-electron chi connectivity index (χ0n) is 11.7. The standard InChI is InChI=1S/C16H17ClN2O2/c1-21-10-12-4-2-11(3-5-12)9-19-13-6-7-14(16(18)20)15(17)8-13/h2-8,19H,9-10H2,1H3,(H2,18,20). The molecule has 0 bridgehead atoms. The predicted octanol–water partition coefficient (Wildman–Crippen LogP) is 3.20. The number of carbonyl (C=O) groups excluding carboxylic acids is 1. The van der Waals surface area contributed by atoms with Crippen LogP contribution in [0, 0.1) is 0 Å². The topological polar surface area (TPSA) is 64.3 Å². The van der Waals surface area contributed by atoms with Crippen molar-refractivity contribution in [3.8, 4) is 0 Å². The van der Waals surface area contributed by atoms with E-state index in [2.05, 4.69) is 5.32 Å². The van der Waals surface area contributed by atoms with Gasteiger partial charge in [-0.1, -0.05) is 35.9 Å². The molecule has 0 aromatic heterocycles. The number of carbonyl (C=O) groups is 1. The second-order valence-corrected chi connectivity index (χ2v) is 5.07. The Morgan fingerprint density at radius 1 is 1.19 bits per heavy atom. The maximum Gasteiger partial charge on any atom is 0.250 e. The van der Waals surface area contributed by atoms with Crippen molar-refractivity contribution in [2.45, 2.75) is 13.2 Å². The third-order valence-electron chi connectivity index (χ3n) is 3.07. The van der Waals surface area contributed by atoms with Gasteiger partial charge in [-0.2, -0.15) is 0 Å². The summed E-state index contributed by atoms with van der Waals surface area (Å²) >= 11 is 6.01. The molecular formula is C16H17ClN2O2. The van der Waals surface area contributed by atoms with Gasteiger partial charge in [0.05, 0.1) is 17.2 Å². The van der Waals surface area contributed by atoms with Crippen molar-refractivity contribution in [2.75, 3.05) is 12.4 Å². The summed E-state index contributed by atoms with van der Waals surface area (Å²) in [6.07, 6.45) is 0. The molecule has 0 saturated heterocycles. The number of ether oxygens (including phenoxy) is 1. The predicted molar refractivity (Wildman–Crippen MR) is 84.5 cm³/mol. The van der Waals surface area contributed by atoms with Crippen molar-refractivity contribution in [3.63, 3.8) is 0 Å². The number of hydrogen-bond acceptors (Lipinski definition) is 3. The highest BCUT2D eigenvalue weighted by Gasteiger charge is 2.06. The van der Waals surface area contributed by atoms with Crippen molar-refractivity contribution in [2.24, 2.45) is 5.73 Å². The normalized spacial score (nSPS) is 10.4. The number of rotatable bonds is 6. The van der Waals surface area contributed by atoms with Gasteiger partial charge in [-0.05, 0) is 29.3 Å². The fraction of sp³-hybridized carbons (Fsp3) is 0.188. The first kappa shape index (κ1) is 15.4. The van der Waals surface area contributed by atoms with Crippen LogP contribution in [-0.4, -0.2) is 13.0 Å². The van der Waals surface area contributed by atoms with Crippen molar-refractivity contribution in [1.82, 2.24) is 0 Å². The van der Waals surface area contributed by atoms with E-state index in [1.807, 2.05) is 24.3 Å². The average Bonchev–Trinajstić information content (AvgIpc) is 2.46. The molecule has 0 saturated carbocycles. The van der Waals surface area contributed by atoms with Gasteiger partial charge in [0.2, 0.25) is 5.91 Å². The van der Waals surface area contributed by atoms with Crippen molar-refractivity contribution in [3.05, 3.63) is 64.2 Å². The highest BCUT2D eigenvalue weighted by molar-refractivity contribution is 6.34. The monoisotopic (exact) mass is 304 g/mol. The Hall–Kier alpha value is -2.04. The van der Waals surface area contributed by atoms with E-state index in [-0.39, 0.29) is 0 Å². The number of nitrogens with two attached hydrogens (primary N) is 1. The second-order valence-electron chi connectivity index (χ2n) is 4.66. The van der Waals surface area contributed by atoms with Crippen LogP contribution >= 0.6 is 11.6 Å². The van der Waals surface area contributed by atoms with Gasteiger partial charge >= 0.3 is 0 Å². The van der Waals surface area contributed by atoms with Gasteiger partial charge in [0.25, 0.3) is 0 Å². The summed E-state index contributed by atoms with van der Waals surface area (Å²) in [5.41, 5.74) is 8.66. The van der Waals surface area contributed by atoms with E-state index in [1.54, 1.807) is 25.3 Å². The molecule has 110 valence electrons. The molecule has 5 heteroatoms. The highest BCUT2D eigenvalue weighted by atomic mass is 35.5. The fourth-order valence-electron chi connectivity index (χ4n) is 1.95. The summed E-state index contributed by atoms with van der Waals surface area (Å²) in [7, 11) is 1.68. The molecule has 0 fully saturated rings. The lowest BCUT2D eigenvalue weighted by Gasteiger charge is -2.09. The number of amides is 1. The summed E-state index contributed by atoms with van der Waals surface area (Å²) in [4.78, 5) is 11.1. The number of hydrogen-bond donors (Lipinski definition) is 2. The van der Waals surface area contributed by atoms with Crippen LogP contribution in [0.25, 0.3) is 0 Å². The van der Waals surface area contributed by atoms with E-state index in [0.29, 0.717) is 23.7 Å². The van der Waals surface area contributed by atoms with Gasteiger partial charge < -0.3 is 15.8 Å². The third kappa shape index (κ3) is 4.21. The first-order valence-corrected chi connectivity index (χ1v) is 6.88. The fourth-order valence-corrected chi connectivity index (χ4v) is 2.22. The van der Waals surface area contributed by atoms with E-state index in [4.69, 9.17) is 22.1 Å². The van der Waals surface area contributed by atoms with Gasteiger partial charge in [-0.25, -0.2) is 0 Å². The third-order valence-corrected chi connectivity index (χ3v) is 3.38. The van der Waals surface area contributed by atoms with Crippen molar-refractivity contribution < 1.29 is 9.53 Å². The first-order valence-electron chi connectivity index (χ1n) is 6.50. The number of primary amides is 1. The maximum absolute atomic E-state index is 11.1. The lowest BCUT2D eigenvalue weighted by Crippen LogP contribution is -2.11. The van der Waals surface area contributed by atoms with Gasteiger partial charge in [0.1, 0.15) is 0 Å². The molecule has 0 spiro atoms. The van der Waals surface area contributed by atoms with Gasteiger partial charge in [0.15, 0.2) is 0 Å². The molecule has 0 unspecified atom stereocenters. The summed E-state index contributed by atoms with van der Waals surface area (Å²) in [5.74, 6) is -0.528. The smallest absolute Gasteiger partial charge is 0.250 e. The molecular weight excluding hydrogens is 288 g/mol. The van der Waals surface area contributed by atoms with E-state index in [9.17, 15) is 4.79 Å². The van der Waals surface area contributed by atoms with E-state index >= 15 is 0 Å². The largest absolute Gasteiger partial charge is 0.381 e. The molecule has 0 aliphatic heterocycles. The first-order chi connectivity index (χ1) is 10.1. The van der Waals surface area contributed by atoms with Gasteiger partial charge in [-0.3, -0.25) is 4.79 Å². The SMILES string of the molecule is COCc1ccc(CNc2ccc(C(N)=O)c(Cl)c2)cc1. The molecule has 21 heavy (non-hydrogen) atoms. The van der Waals surface area contributed by atoms with Crippen molar-refractivity contribution >= 4 is 23.2 Å². The molecule has 1 amide bonds. The Kier molecular flexibility index (Phi) is 5.20.